The number of sulfonamides is 1. The number of methoxy groups -OCH3 is 1. The number of benzene rings is 3. The Morgan fingerprint density at radius 1 is 1.06 bits per heavy atom. The number of carbonyl (C=O) groups is 1. The Kier molecular flexibility index (Phi) is 8.11. The number of ether oxygens (including phenoxy) is 1. The summed E-state index contributed by atoms with van der Waals surface area (Å²) in [6.07, 6.45) is 0. The molecule has 0 heterocycles. The molecule has 3 rings (SSSR count). The van der Waals surface area contributed by atoms with Gasteiger partial charge in [0.2, 0.25) is 5.91 Å². The van der Waals surface area contributed by atoms with Crippen LogP contribution in [0.2, 0.25) is 15.1 Å². The number of nitrogens with zero attached hydrogens (tertiary/aromatic N) is 2. The van der Waals surface area contributed by atoms with E-state index in [9.17, 15) is 23.3 Å². The first kappa shape index (κ1) is 26.6. The summed E-state index contributed by atoms with van der Waals surface area (Å²) in [4.78, 5) is 23.3. The molecule has 184 valence electrons. The maximum absolute atomic E-state index is 13.7. The smallest absolute Gasteiger partial charge is 0.273 e. The lowest BCUT2D eigenvalue weighted by molar-refractivity contribution is -0.385. The summed E-state index contributed by atoms with van der Waals surface area (Å²) >= 11 is 18.2. The molecule has 0 saturated carbocycles. The topological polar surface area (TPSA) is 119 Å². The number of amides is 1. The van der Waals surface area contributed by atoms with Crippen molar-refractivity contribution in [3.05, 3.63) is 85.3 Å². The van der Waals surface area contributed by atoms with E-state index < -0.39 is 32.3 Å². The molecule has 0 saturated heterocycles. The molecule has 0 aliphatic heterocycles. The molecule has 0 fully saturated rings. The Bertz CT molecular complexity index is 1420. The minimum atomic E-state index is -4.51. The van der Waals surface area contributed by atoms with Crippen molar-refractivity contribution in [2.75, 3.05) is 23.3 Å². The average molecular weight is 559 g/mol. The highest BCUT2D eigenvalue weighted by Crippen LogP contribution is 2.36. The monoisotopic (exact) mass is 557 g/mol. The molecule has 9 nitrogen and oxygen atoms in total. The molecular weight excluding hydrogens is 541 g/mol. The van der Waals surface area contributed by atoms with Crippen LogP contribution in [0.3, 0.4) is 0 Å². The number of nitro groups is 1. The zero-order valence-corrected chi connectivity index (χ0v) is 21.4. The van der Waals surface area contributed by atoms with Gasteiger partial charge in [0.05, 0.1) is 33.3 Å². The zero-order chi connectivity index (χ0) is 25.9. The number of hydrogen-bond acceptors (Lipinski definition) is 6. The van der Waals surface area contributed by atoms with E-state index in [1.807, 2.05) is 0 Å². The van der Waals surface area contributed by atoms with E-state index in [-0.39, 0.29) is 38.4 Å². The van der Waals surface area contributed by atoms with Gasteiger partial charge >= 0.3 is 0 Å². The molecule has 1 N–H and O–H groups in total. The number of halogens is 3. The summed E-state index contributed by atoms with van der Waals surface area (Å²) in [5.41, 5.74) is 0.00883. The molecule has 3 aromatic rings. The largest absolute Gasteiger partial charge is 0.495 e. The Hall–Kier alpha value is -3.05. The Morgan fingerprint density at radius 2 is 1.71 bits per heavy atom. The van der Waals surface area contributed by atoms with Crippen molar-refractivity contribution in [3.8, 4) is 5.75 Å². The van der Waals surface area contributed by atoms with Crippen LogP contribution >= 0.6 is 34.8 Å². The van der Waals surface area contributed by atoms with Crippen LogP contribution in [0.1, 0.15) is 5.56 Å². The second-order valence-electron chi connectivity index (χ2n) is 7.21. The van der Waals surface area contributed by atoms with Gasteiger partial charge in [0.15, 0.2) is 0 Å². The lowest BCUT2D eigenvalue weighted by Crippen LogP contribution is -2.38. The van der Waals surface area contributed by atoms with E-state index in [1.165, 1.54) is 62.6 Å². The first-order valence-corrected chi connectivity index (χ1v) is 12.4. The van der Waals surface area contributed by atoms with Crippen LogP contribution in [0.15, 0.2) is 59.5 Å². The molecule has 0 aliphatic carbocycles. The summed E-state index contributed by atoms with van der Waals surface area (Å²) in [6, 6.07) is 12.1. The third-order valence-corrected chi connectivity index (χ3v) is 7.42. The second-order valence-corrected chi connectivity index (χ2v) is 10.3. The predicted molar refractivity (Wildman–Crippen MR) is 135 cm³/mol. The summed E-state index contributed by atoms with van der Waals surface area (Å²) < 4.78 is 33.4. The molecule has 35 heavy (non-hydrogen) atoms. The van der Waals surface area contributed by atoms with Gasteiger partial charge in [-0.25, -0.2) is 8.42 Å². The Balaban J connectivity index is 2.11. The lowest BCUT2D eigenvalue weighted by atomic mass is 10.2. The van der Waals surface area contributed by atoms with Gasteiger partial charge in [-0.05, 0) is 49.4 Å². The third kappa shape index (κ3) is 5.96. The molecule has 13 heteroatoms. The fraction of sp³-hybridized carbons (Fsp3) is 0.136. The van der Waals surface area contributed by atoms with Crippen molar-refractivity contribution in [2.24, 2.45) is 0 Å². The maximum atomic E-state index is 13.7. The minimum Gasteiger partial charge on any atom is -0.495 e. The van der Waals surface area contributed by atoms with E-state index in [0.717, 1.165) is 10.4 Å². The average Bonchev–Trinajstić information content (AvgIpc) is 2.79. The Labute approximate surface area is 216 Å². The summed E-state index contributed by atoms with van der Waals surface area (Å²) in [7, 11) is -3.19. The van der Waals surface area contributed by atoms with Gasteiger partial charge in [-0.2, -0.15) is 0 Å². The maximum Gasteiger partial charge on any atom is 0.273 e. The fourth-order valence-corrected chi connectivity index (χ4v) is 5.09. The van der Waals surface area contributed by atoms with Gasteiger partial charge in [-0.15, -0.1) is 0 Å². The highest BCUT2D eigenvalue weighted by atomic mass is 35.5. The van der Waals surface area contributed by atoms with Crippen molar-refractivity contribution in [1.82, 2.24) is 0 Å². The zero-order valence-electron chi connectivity index (χ0n) is 18.3. The predicted octanol–water partition coefficient (Wildman–Crippen LogP) is 5.71. The van der Waals surface area contributed by atoms with Gasteiger partial charge < -0.3 is 10.1 Å². The molecule has 0 radical (unpaired) electrons. The van der Waals surface area contributed by atoms with Crippen LogP contribution in [0.4, 0.5) is 17.1 Å². The van der Waals surface area contributed by atoms with Gasteiger partial charge in [-0.1, -0.05) is 40.9 Å². The number of rotatable bonds is 8. The minimum absolute atomic E-state index is 0.0458. The molecule has 0 atom stereocenters. The molecule has 0 spiro atoms. The number of hydrogen-bond donors (Lipinski definition) is 1. The summed E-state index contributed by atoms with van der Waals surface area (Å²) in [5.74, 6) is -0.658. The SMILES string of the molecule is COc1ccc(Cl)cc1N(CC(=O)Nc1cc(Cl)ccc1Cl)S(=O)(=O)c1ccc(C)c([N+](=O)[O-])c1. The van der Waals surface area contributed by atoms with E-state index in [4.69, 9.17) is 39.5 Å². The summed E-state index contributed by atoms with van der Waals surface area (Å²) in [5, 5.41) is 14.6. The van der Waals surface area contributed by atoms with E-state index in [1.54, 1.807) is 0 Å². The Morgan fingerprint density at radius 3 is 2.37 bits per heavy atom. The van der Waals surface area contributed by atoms with E-state index >= 15 is 0 Å². The molecule has 0 bridgehead atoms. The number of aryl methyl sites for hydroxylation is 1. The van der Waals surface area contributed by atoms with Crippen LogP contribution in [-0.4, -0.2) is 32.9 Å². The van der Waals surface area contributed by atoms with Crippen LogP contribution in [0.5, 0.6) is 5.75 Å². The molecule has 3 aromatic carbocycles. The van der Waals surface area contributed by atoms with E-state index in [2.05, 4.69) is 5.32 Å². The first-order valence-electron chi connectivity index (χ1n) is 9.80. The van der Waals surface area contributed by atoms with Gasteiger partial charge in [0.1, 0.15) is 12.3 Å². The van der Waals surface area contributed by atoms with E-state index in [0.29, 0.717) is 5.02 Å². The van der Waals surface area contributed by atoms with Gasteiger partial charge in [0.25, 0.3) is 15.7 Å². The van der Waals surface area contributed by atoms with Gasteiger partial charge in [-0.3, -0.25) is 19.2 Å². The van der Waals surface area contributed by atoms with Crippen molar-refractivity contribution < 1.29 is 22.9 Å². The van der Waals surface area contributed by atoms with Crippen LogP contribution < -0.4 is 14.4 Å². The molecule has 0 aliphatic rings. The second kappa shape index (κ2) is 10.7. The van der Waals surface area contributed by atoms with Crippen LogP contribution in [-0.2, 0) is 14.8 Å². The number of carbonyl (C=O) groups excluding carboxylic acids is 1. The molecule has 0 unspecified atom stereocenters. The van der Waals surface area contributed by atoms with Gasteiger partial charge in [0, 0.05) is 21.7 Å². The van der Waals surface area contributed by atoms with Crippen LogP contribution in [0.25, 0.3) is 0 Å². The van der Waals surface area contributed by atoms with Crippen molar-refractivity contribution >= 4 is 67.8 Å². The number of nitro benzene ring substituents is 1. The quantitative estimate of drug-likeness (QED) is 0.280. The lowest BCUT2D eigenvalue weighted by Gasteiger charge is -2.26. The standard InChI is InChI=1S/C22H18Cl3N3O6S/c1-13-3-6-16(11-19(13)28(30)31)35(32,33)27(20-10-15(24)5-8-21(20)34-2)12-22(29)26-18-9-14(23)4-7-17(18)25/h3-11H,12H2,1-2H3,(H,26,29). The highest BCUT2D eigenvalue weighted by molar-refractivity contribution is 7.92. The number of anilines is 2. The molecule has 1 amide bonds. The number of nitrogens with one attached hydrogen (secondary N) is 1. The van der Waals surface area contributed by atoms with Crippen molar-refractivity contribution in [3.63, 3.8) is 0 Å². The van der Waals surface area contributed by atoms with Crippen molar-refractivity contribution in [2.45, 2.75) is 11.8 Å². The summed E-state index contributed by atoms with van der Waals surface area (Å²) in [6.45, 7) is 0.748. The highest BCUT2D eigenvalue weighted by Gasteiger charge is 2.31. The van der Waals surface area contributed by atoms with Crippen LogP contribution in [0, 0.1) is 17.0 Å². The molecular formula is C22H18Cl3N3O6S. The fourth-order valence-electron chi connectivity index (χ4n) is 3.14. The third-order valence-electron chi connectivity index (χ3n) is 4.86. The first-order chi connectivity index (χ1) is 16.4. The normalized spacial score (nSPS) is 11.1. The molecule has 0 aromatic heterocycles. The van der Waals surface area contributed by atoms with Crippen molar-refractivity contribution in [1.29, 1.82) is 0 Å².